The second-order valence-corrected chi connectivity index (χ2v) is 3.96. The third-order valence-corrected chi connectivity index (χ3v) is 3.55. The first-order valence-electron chi connectivity index (χ1n) is 3.91. The van der Waals surface area contributed by atoms with Crippen LogP contribution in [0, 0.1) is 13.8 Å². The maximum Gasteiger partial charge on any atom is 0.144 e. The Morgan fingerprint density at radius 1 is 1.08 bits per heavy atom. The van der Waals surface area contributed by atoms with E-state index in [1.807, 2.05) is 22.6 Å². The molecule has 1 aromatic rings. The molecule has 0 atom stereocenters. The summed E-state index contributed by atoms with van der Waals surface area (Å²) < 4.78 is 0.822. The molecule has 1 rings (SSSR count). The number of hydrogen-bond donors (Lipinski definition) is 1. The number of phenolic OH excluding ortho intramolecular Hbond substituents is 1. The fourth-order valence-corrected chi connectivity index (χ4v) is 1.84. The first-order chi connectivity index (χ1) is 5.46. The Hall–Kier alpha value is -0.370. The van der Waals surface area contributed by atoms with Gasteiger partial charge in [-0.15, -0.1) is 0 Å². The average molecular weight is 225 g/mol. The second-order valence-electron chi connectivity index (χ2n) is 3.16. The molecule has 0 fully saturated rings. The minimum Gasteiger partial charge on any atom is -0.507 e. The zero-order chi connectivity index (χ0) is 9.46. The summed E-state index contributed by atoms with van der Waals surface area (Å²) in [5, 5.41) is 9.65. The Bertz CT molecular complexity index is 231. The van der Waals surface area contributed by atoms with Crippen LogP contribution in [-0.2, 0) is 0 Å². The second kappa shape index (κ2) is 3.17. The van der Waals surface area contributed by atoms with Crippen molar-refractivity contribution in [1.29, 1.82) is 0 Å². The highest BCUT2D eigenvalue weighted by Gasteiger charge is 2.10. The molecule has 1 nitrogen and oxygen atoms in total. The number of halogens is 1. The monoisotopic (exact) mass is 224 g/mol. The van der Waals surface area contributed by atoms with Crippen molar-refractivity contribution in [2.75, 3.05) is 0 Å². The molecular weight excluding hydrogens is 214 g/mol. The summed E-state index contributed by atoms with van der Waals surface area (Å²) in [6, 6.07) is 0. The lowest BCUT2D eigenvalue weighted by molar-refractivity contribution is 0.476. The molecular formula is C8H11B2BrO. The predicted octanol–water partition coefficient (Wildman–Crippen LogP) is -0.712. The van der Waals surface area contributed by atoms with Crippen molar-refractivity contribution in [3.05, 3.63) is 15.6 Å². The summed E-state index contributed by atoms with van der Waals surface area (Å²) in [5.74, 6) is 0.371. The van der Waals surface area contributed by atoms with Gasteiger partial charge in [-0.1, -0.05) is 16.6 Å². The molecule has 4 heteroatoms. The molecule has 0 unspecified atom stereocenters. The summed E-state index contributed by atoms with van der Waals surface area (Å²) in [6.07, 6.45) is 0. The Morgan fingerprint density at radius 3 is 2.00 bits per heavy atom. The van der Waals surface area contributed by atoms with Gasteiger partial charge < -0.3 is 5.11 Å². The molecule has 0 spiro atoms. The van der Waals surface area contributed by atoms with Gasteiger partial charge in [-0.3, -0.25) is 0 Å². The lowest BCUT2D eigenvalue weighted by Gasteiger charge is -2.13. The molecule has 0 amide bonds. The maximum atomic E-state index is 9.65. The van der Waals surface area contributed by atoms with Gasteiger partial charge in [0, 0.05) is 0 Å². The smallest absolute Gasteiger partial charge is 0.144 e. The molecule has 0 aromatic heterocycles. The van der Waals surface area contributed by atoms with E-state index in [0.717, 1.165) is 15.4 Å². The van der Waals surface area contributed by atoms with E-state index in [0.29, 0.717) is 5.75 Å². The lowest BCUT2D eigenvalue weighted by Crippen LogP contribution is -2.20. The van der Waals surface area contributed by atoms with Crippen LogP contribution in [0.5, 0.6) is 5.75 Å². The van der Waals surface area contributed by atoms with Crippen LogP contribution in [0.2, 0.25) is 0 Å². The molecule has 1 N–H and O–H groups in total. The third-order valence-electron chi connectivity index (χ3n) is 2.58. The minimum absolute atomic E-state index is 0.371. The first kappa shape index (κ1) is 9.72. The van der Waals surface area contributed by atoms with E-state index in [1.165, 1.54) is 11.1 Å². The number of aromatic hydroxyl groups is 1. The van der Waals surface area contributed by atoms with Gasteiger partial charge in [0.1, 0.15) is 21.4 Å². The number of rotatable bonds is 0. The molecule has 0 heterocycles. The van der Waals surface area contributed by atoms with Crippen LogP contribution < -0.4 is 10.9 Å². The van der Waals surface area contributed by atoms with E-state index < -0.39 is 0 Å². The number of hydrogen-bond acceptors (Lipinski definition) is 1. The molecule has 12 heavy (non-hydrogen) atoms. The molecule has 0 aliphatic carbocycles. The first-order valence-corrected chi connectivity index (χ1v) is 4.71. The van der Waals surface area contributed by atoms with Gasteiger partial charge >= 0.3 is 0 Å². The number of phenols is 1. The van der Waals surface area contributed by atoms with Crippen LogP contribution in [0.1, 0.15) is 11.1 Å². The van der Waals surface area contributed by atoms with Crippen molar-refractivity contribution in [1.82, 2.24) is 0 Å². The fourth-order valence-electron chi connectivity index (χ4n) is 1.25. The van der Waals surface area contributed by atoms with Gasteiger partial charge in [-0.2, -0.15) is 0 Å². The van der Waals surface area contributed by atoms with Gasteiger partial charge in [0.25, 0.3) is 0 Å². The standard InChI is InChI=1S/C8H11B2BrO/c1-3-4(2)6(10)8(12)7(11)5(3)9/h12H,9-10H2,1-2H3. The van der Waals surface area contributed by atoms with E-state index >= 15 is 0 Å². The number of benzene rings is 1. The van der Waals surface area contributed by atoms with Crippen LogP contribution in [0.15, 0.2) is 4.47 Å². The molecule has 0 bridgehead atoms. The topological polar surface area (TPSA) is 20.2 Å². The van der Waals surface area contributed by atoms with Crippen LogP contribution in [-0.4, -0.2) is 20.8 Å². The van der Waals surface area contributed by atoms with Crippen LogP contribution in [0.25, 0.3) is 0 Å². The minimum atomic E-state index is 0.371. The average Bonchev–Trinajstić information content (AvgIpc) is 2.08. The third kappa shape index (κ3) is 1.28. The van der Waals surface area contributed by atoms with Gasteiger partial charge in [-0.05, 0) is 35.2 Å². The van der Waals surface area contributed by atoms with Crippen molar-refractivity contribution in [2.45, 2.75) is 13.8 Å². The van der Waals surface area contributed by atoms with Crippen molar-refractivity contribution in [3.8, 4) is 5.75 Å². The molecule has 0 radical (unpaired) electrons. The Morgan fingerprint density at radius 2 is 1.50 bits per heavy atom. The van der Waals surface area contributed by atoms with Crippen LogP contribution >= 0.6 is 15.9 Å². The molecule has 0 aliphatic heterocycles. The maximum absolute atomic E-state index is 9.65. The van der Waals surface area contributed by atoms with E-state index in [-0.39, 0.29) is 0 Å². The highest BCUT2D eigenvalue weighted by atomic mass is 79.9. The molecule has 1 aromatic carbocycles. The van der Waals surface area contributed by atoms with E-state index in [9.17, 15) is 5.11 Å². The predicted molar refractivity (Wildman–Crippen MR) is 61.6 cm³/mol. The molecule has 0 aliphatic rings. The van der Waals surface area contributed by atoms with Gasteiger partial charge in [0.2, 0.25) is 0 Å². The van der Waals surface area contributed by atoms with E-state index in [4.69, 9.17) is 0 Å². The molecule has 0 saturated carbocycles. The normalized spacial score (nSPS) is 10.2. The Labute approximate surface area is 83.1 Å². The highest BCUT2D eigenvalue weighted by molar-refractivity contribution is 9.10. The van der Waals surface area contributed by atoms with Gasteiger partial charge in [0.15, 0.2) is 0 Å². The Kier molecular flexibility index (Phi) is 2.57. The summed E-state index contributed by atoms with van der Waals surface area (Å²) >= 11 is 3.36. The quantitative estimate of drug-likeness (QED) is 0.578. The zero-order valence-corrected chi connectivity index (χ0v) is 9.41. The summed E-state index contributed by atoms with van der Waals surface area (Å²) in [5.41, 5.74) is 4.51. The fraction of sp³-hybridized carbons (Fsp3) is 0.250. The van der Waals surface area contributed by atoms with E-state index in [1.54, 1.807) is 0 Å². The lowest BCUT2D eigenvalue weighted by atomic mass is 9.80. The Balaban J connectivity index is 3.60. The van der Waals surface area contributed by atoms with Gasteiger partial charge in [-0.25, -0.2) is 0 Å². The largest absolute Gasteiger partial charge is 0.507 e. The van der Waals surface area contributed by atoms with Crippen molar-refractivity contribution in [3.63, 3.8) is 0 Å². The zero-order valence-electron chi connectivity index (χ0n) is 7.83. The van der Waals surface area contributed by atoms with Crippen LogP contribution in [0.3, 0.4) is 0 Å². The van der Waals surface area contributed by atoms with Crippen molar-refractivity contribution in [2.24, 2.45) is 0 Å². The van der Waals surface area contributed by atoms with Crippen molar-refractivity contribution >= 4 is 42.5 Å². The summed E-state index contributed by atoms with van der Waals surface area (Å²) in [4.78, 5) is 0. The summed E-state index contributed by atoms with van der Waals surface area (Å²) in [6.45, 7) is 4.10. The summed E-state index contributed by atoms with van der Waals surface area (Å²) in [7, 11) is 3.94. The highest BCUT2D eigenvalue weighted by Crippen LogP contribution is 2.21. The van der Waals surface area contributed by atoms with Crippen molar-refractivity contribution < 1.29 is 5.11 Å². The SMILES string of the molecule is Bc1c(C)c(C)c(B)c(Br)c1O. The van der Waals surface area contributed by atoms with Gasteiger partial charge in [0.05, 0.1) is 4.47 Å². The molecule has 0 saturated heterocycles. The van der Waals surface area contributed by atoms with Crippen LogP contribution in [0.4, 0.5) is 0 Å². The van der Waals surface area contributed by atoms with E-state index in [2.05, 4.69) is 22.9 Å². The molecule has 62 valence electrons.